The third kappa shape index (κ3) is 7.17. The van der Waals surface area contributed by atoms with Crippen LogP contribution in [0.4, 0.5) is 0 Å². The van der Waals surface area contributed by atoms with Gasteiger partial charge in [-0.25, -0.2) is 0 Å². The number of thiophene rings is 1. The molecular formula is C21H37BrOS. The van der Waals surface area contributed by atoms with E-state index >= 15 is 0 Å². The van der Waals surface area contributed by atoms with Crippen molar-refractivity contribution < 1.29 is 4.74 Å². The highest BCUT2D eigenvalue weighted by Crippen LogP contribution is 2.44. The lowest BCUT2D eigenvalue weighted by molar-refractivity contribution is -0.0872. The largest absolute Gasteiger partial charge is 0.372 e. The van der Waals surface area contributed by atoms with Crippen LogP contribution in [-0.2, 0) is 11.3 Å². The van der Waals surface area contributed by atoms with E-state index in [1.54, 1.807) is 11.3 Å². The average molecular weight is 417 g/mol. The Balaban J connectivity index is 2.58. The lowest BCUT2D eigenvalue weighted by atomic mass is 9.65. The molecule has 24 heavy (non-hydrogen) atoms. The van der Waals surface area contributed by atoms with Crippen LogP contribution in [0, 0.1) is 10.8 Å². The van der Waals surface area contributed by atoms with Crippen LogP contribution >= 0.6 is 27.3 Å². The molecule has 1 aromatic rings. The Morgan fingerprint density at radius 2 is 1.67 bits per heavy atom. The fourth-order valence-electron chi connectivity index (χ4n) is 2.86. The minimum Gasteiger partial charge on any atom is -0.372 e. The normalized spacial score (nSPS) is 14.1. The second-order valence-corrected chi connectivity index (χ2v) is 10.5. The molecule has 0 N–H and O–H groups in total. The molecular weight excluding hydrogens is 380 g/mol. The van der Waals surface area contributed by atoms with Crippen molar-refractivity contribution in [3.63, 3.8) is 0 Å². The Morgan fingerprint density at radius 1 is 1.04 bits per heavy atom. The van der Waals surface area contributed by atoms with E-state index in [1.807, 2.05) is 0 Å². The molecule has 0 spiro atoms. The van der Waals surface area contributed by atoms with Gasteiger partial charge >= 0.3 is 0 Å². The van der Waals surface area contributed by atoms with Gasteiger partial charge in [-0.3, -0.25) is 0 Å². The van der Waals surface area contributed by atoms with Crippen molar-refractivity contribution in [2.45, 2.75) is 99.2 Å². The van der Waals surface area contributed by atoms with Gasteiger partial charge in [0.2, 0.25) is 0 Å². The smallest absolute Gasteiger partial charge is 0.0813 e. The first kappa shape index (κ1) is 22.2. The summed E-state index contributed by atoms with van der Waals surface area (Å²) in [6, 6.07) is 2.18. The number of halogens is 1. The lowest BCUT2D eigenvalue weighted by Crippen LogP contribution is -2.42. The summed E-state index contributed by atoms with van der Waals surface area (Å²) in [5, 5.41) is 2.14. The average Bonchev–Trinajstić information content (AvgIpc) is 2.89. The topological polar surface area (TPSA) is 9.23 Å². The summed E-state index contributed by atoms with van der Waals surface area (Å²) in [5.74, 6) is 0. The van der Waals surface area contributed by atoms with Crippen LogP contribution in [0.3, 0.4) is 0 Å². The Morgan fingerprint density at radius 3 is 2.21 bits per heavy atom. The fourth-order valence-corrected chi connectivity index (χ4v) is 4.23. The molecule has 1 unspecified atom stereocenters. The summed E-state index contributed by atoms with van der Waals surface area (Å²) in [6.07, 6.45) is 9.54. The van der Waals surface area contributed by atoms with Crippen LogP contribution < -0.4 is 0 Å². The summed E-state index contributed by atoms with van der Waals surface area (Å²) < 4.78 is 7.61. The molecule has 0 aromatic carbocycles. The molecule has 1 heterocycles. The van der Waals surface area contributed by atoms with E-state index in [0.29, 0.717) is 6.10 Å². The van der Waals surface area contributed by atoms with Crippen LogP contribution in [0.1, 0.15) is 91.4 Å². The maximum Gasteiger partial charge on any atom is 0.0813 e. The zero-order chi connectivity index (χ0) is 18.2. The van der Waals surface area contributed by atoms with Crippen molar-refractivity contribution in [3.05, 3.63) is 20.8 Å². The quantitative estimate of drug-likeness (QED) is 0.330. The molecule has 0 aliphatic heterocycles. The van der Waals surface area contributed by atoms with Gasteiger partial charge in [-0.05, 0) is 39.2 Å². The van der Waals surface area contributed by atoms with Crippen LogP contribution in [0.2, 0.25) is 0 Å². The van der Waals surface area contributed by atoms with Gasteiger partial charge in [0.1, 0.15) is 0 Å². The highest BCUT2D eigenvalue weighted by molar-refractivity contribution is 9.10. The standard InChI is InChI=1S/C21H37BrOS/c1-7-8-9-10-11-12-13-19(21(5,6)20(2,3)4)23-15-18-14-17(22)16-24-18/h14,16,19H,7-13,15H2,1-6H3. The van der Waals surface area contributed by atoms with Gasteiger partial charge in [0.05, 0.1) is 12.7 Å². The third-order valence-electron chi connectivity index (χ3n) is 5.61. The first-order valence-corrected chi connectivity index (χ1v) is 11.2. The van der Waals surface area contributed by atoms with Crippen molar-refractivity contribution in [3.8, 4) is 0 Å². The number of hydrogen-bond donors (Lipinski definition) is 0. The van der Waals surface area contributed by atoms with Crippen LogP contribution in [-0.4, -0.2) is 6.10 Å². The Kier molecular flexibility index (Phi) is 9.55. The number of hydrogen-bond acceptors (Lipinski definition) is 2. The SMILES string of the molecule is CCCCCCCCC(OCc1cc(Br)cs1)C(C)(C)C(C)(C)C. The summed E-state index contributed by atoms with van der Waals surface area (Å²) >= 11 is 5.31. The Hall–Kier alpha value is 0.140. The zero-order valence-electron chi connectivity index (χ0n) is 16.6. The molecule has 0 aliphatic carbocycles. The number of ether oxygens (including phenoxy) is 1. The first-order valence-electron chi connectivity index (χ1n) is 9.53. The van der Waals surface area contributed by atoms with Crippen LogP contribution in [0.15, 0.2) is 15.9 Å². The predicted molar refractivity (Wildman–Crippen MR) is 112 cm³/mol. The number of unbranched alkanes of at least 4 members (excludes halogenated alkanes) is 5. The van der Waals surface area contributed by atoms with E-state index in [9.17, 15) is 0 Å². The highest BCUT2D eigenvalue weighted by atomic mass is 79.9. The molecule has 0 bridgehead atoms. The van der Waals surface area contributed by atoms with Crippen molar-refractivity contribution in [2.24, 2.45) is 10.8 Å². The van der Waals surface area contributed by atoms with Gasteiger partial charge in [-0.2, -0.15) is 0 Å². The molecule has 1 nitrogen and oxygen atoms in total. The van der Waals surface area contributed by atoms with Crippen LogP contribution in [0.25, 0.3) is 0 Å². The van der Waals surface area contributed by atoms with Gasteiger partial charge in [0, 0.05) is 14.7 Å². The minimum absolute atomic E-state index is 0.158. The van der Waals surface area contributed by atoms with Crippen LogP contribution in [0.5, 0.6) is 0 Å². The molecule has 1 rings (SSSR count). The molecule has 0 saturated carbocycles. The van der Waals surface area contributed by atoms with Gasteiger partial charge in [0.25, 0.3) is 0 Å². The van der Waals surface area contributed by atoms with E-state index in [2.05, 4.69) is 68.9 Å². The molecule has 0 fully saturated rings. The monoisotopic (exact) mass is 416 g/mol. The summed E-state index contributed by atoms with van der Waals surface area (Å²) in [7, 11) is 0. The van der Waals surface area contributed by atoms with Gasteiger partial charge in [0.15, 0.2) is 0 Å². The van der Waals surface area contributed by atoms with Crippen molar-refractivity contribution in [2.75, 3.05) is 0 Å². The Labute approximate surface area is 162 Å². The second-order valence-electron chi connectivity index (χ2n) is 8.56. The molecule has 0 amide bonds. The highest BCUT2D eigenvalue weighted by Gasteiger charge is 2.40. The molecule has 0 radical (unpaired) electrons. The van der Waals surface area contributed by atoms with Gasteiger partial charge < -0.3 is 4.74 Å². The second kappa shape index (κ2) is 10.3. The number of rotatable bonds is 11. The molecule has 140 valence electrons. The van der Waals surface area contributed by atoms with E-state index < -0.39 is 0 Å². The minimum atomic E-state index is 0.158. The van der Waals surface area contributed by atoms with E-state index in [4.69, 9.17) is 4.74 Å². The maximum atomic E-state index is 6.45. The summed E-state index contributed by atoms with van der Waals surface area (Å²) in [5.41, 5.74) is 0.390. The van der Waals surface area contributed by atoms with E-state index in [-0.39, 0.29) is 10.8 Å². The first-order chi connectivity index (χ1) is 11.2. The predicted octanol–water partition coefficient (Wildman–Crippen LogP) is 8.22. The van der Waals surface area contributed by atoms with Gasteiger partial charge in [-0.1, -0.05) is 80.1 Å². The van der Waals surface area contributed by atoms with Crippen molar-refractivity contribution in [1.29, 1.82) is 0 Å². The van der Waals surface area contributed by atoms with E-state index in [1.165, 1.54) is 49.8 Å². The summed E-state index contributed by atoms with van der Waals surface area (Å²) in [4.78, 5) is 1.31. The molecule has 1 aromatic heterocycles. The zero-order valence-corrected chi connectivity index (χ0v) is 19.0. The van der Waals surface area contributed by atoms with Gasteiger partial charge in [-0.15, -0.1) is 11.3 Å². The third-order valence-corrected chi connectivity index (χ3v) is 7.28. The molecule has 0 aliphatic rings. The maximum absolute atomic E-state index is 6.45. The molecule has 3 heteroatoms. The molecule has 0 saturated heterocycles. The van der Waals surface area contributed by atoms with Crippen molar-refractivity contribution in [1.82, 2.24) is 0 Å². The van der Waals surface area contributed by atoms with Crippen molar-refractivity contribution >= 4 is 27.3 Å². The molecule has 1 atom stereocenters. The lowest BCUT2D eigenvalue weighted by Gasteiger charge is -2.45. The summed E-state index contributed by atoms with van der Waals surface area (Å²) in [6.45, 7) is 14.8. The Bertz CT molecular complexity index is 459. The fraction of sp³-hybridized carbons (Fsp3) is 0.810. The van der Waals surface area contributed by atoms with E-state index in [0.717, 1.165) is 11.1 Å².